The molecule has 6 heteroatoms. The Morgan fingerprint density at radius 1 is 1.00 bits per heavy atom. The van der Waals surface area contributed by atoms with Crippen LogP contribution in [0, 0.1) is 11.6 Å². The molecule has 1 saturated heterocycles. The first-order valence-corrected chi connectivity index (χ1v) is 8.28. The van der Waals surface area contributed by atoms with Gasteiger partial charge in [-0.25, -0.2) is 8.78 Å². The van der Waals surface area contributed by atoms with E-state index < -0.39 is 17.5 Å². The summed E-state index contributed by atoms with van der Waals surface area (Å²) in [5, 5.41) is 2.72. The molecule has 1 heterocycles. The maximum Gasteiger partial charge on any atom is 0.251 e. The average molecular weight is 345 g/mol. The van der Waals surface area contributed by atoms with Crippen LogP contribution in [-0.4, -0.2) is 44.0 Å². The Morgan fingerprint density at radius 2 is 1.68 bits per heavy atom. The van der Waals surface area contributed by atoms with Gasteiger partial charge in [-0.05, 0) is 42.9 Å². The second-order valence-electron chi connectivity index (χ2n) is 6.27. The van der Waals surface area contributed by atoms with E-state index in [1.807, 2.05) is 24.3 Å². The number of anilines is 1. The minimum Gasteiger partial charge on any atom is -0.369 e. The van der Waals surface area contributed by atoms with E-state index in [2.05, 4.69) is 22.2 Å². The highest BCUT2D eigenvalue weighted by Gasteiger charge is 2.14. The Balaban J connectivity index is 1.56. The Bertz CT molecular complexity index is 741. The Labute approximate surface area is 146 Å². The van der Waals surface area contributed by atoms with Crippen molar-refractivity contribution in [3.63, 3.8) is 0 Å². The minimum atomic E-state index is -1.02. The third kappa shape index (κ3) is 4.33. The molecule has 0 spiro atoms. The molecule has 4 nitrogen and oxygen atoms in total. The molecule has 0 radical (unpaired) electrons. The molecule has 1 N–H and O–H groups in total. The molecular formula is C19H21F2N3O. The first-order valence-electron chi connectivity index (χ1n) is 8.28. The molecule has 0 aliphatic carbocycles. The van der Waals surface area contributed by atoms with Crippen molar-refractivity contribution in [1.82, 2.24) is 10.2 Å². The van der Waals surface area contributed by atoms with Crippen molar-refractivity contribution in [3.8, 4) is 0 Å². The van der Waals surface area contributed by atoms with Crippen LogP contribution in [-0.2, 0) is 6.54 Å². The fourth-order valence-corrected chi connectivity index (χ4v) is 2.81. The quantitative estimate of drug-likeness (QED) is 0.925. The van der Waals surface area contributed by atoms with Crippen molar-refractivity contribution in [3.05, 3.63) is 65.2 Å². The summed E-state index contributed by atoms with van der Waals surface area (Å²) in [6.07, 6.45) is 0. The molecule has 2 aromatic carbocycles. The van der Waals surface area contributed by atoms with Gasteiger partial charge in [-0.2, -0.15) is 0 Å². The number of hydrogen-bond acceptors (Lipinski definition) is 3. The fraction of sp³-hybridized carbons (Fsp3) is 0.316. The molecule has 0 bridgehead atoms. The Hall–Kier alpha value is -2.47. The SMILES string of the molecule is CN1CCN(c2ccc(CNC(=O)c3ccc(F)c(F)c3)cc2)CC1. The first-order chi connectivity index (χ1) is 12.0. The predicted molar refractivity (Wildman–Crippen MR) is 93.7 cm³/mol. The maximum absolute atomic E-state index is 13.2. The molecular weight excluding hydrogens is 324 g/mol. The van der Waals surface area contributed by atoms with Gasteiger partial charge in [-0.1, -0.05) is 12.1 Å². The van der Waals surface area contributed by atoms with Crippen LogP contribution in [0.4, 0.5) is 14.5 Å². The molecule has 0 atom stereocenters. The molecule has 1 aliphatic heterocycles. The van der Waals surface area contributed by atoms with Crippen LogP contribution in [0.3, 0.4) is 0 Å². The number of carbonyl (C=O) groups excluding carboxylic acids is 1. The molecule has 1 fully saturated rings. The lowest BCUT2D eigenvalue weighted by atomic mass is 10.1. The number of likely N-dealkylation sites (N-methyl/N-ethyl adjacent to an activating group) is 1. The third-order valence-electron chi connectivity index (χ3n) is 4.44. The second-order valence-corrected chi connectivity index (χ2v) is 6.27. The van der Waals surface area contributed by atoms with E-state index in [1.54, 1.807) is 0 Å². The molecule has 0 aromatic heterocycles. The van der Waals surface area contributed by atoms with Crippen molar-refractivity contribution in [2.75, 3.05) is 38.1 Å². The highest BCUT2D eigenvalue weighted by Crippen LogP contribution is 2.17. The van der Waals surface area contributed by atoms with Gasteiger partial charge in [0.1, 0.15) is 0 Å². The van der Waals surface area contributed by atoms with Gasteiger partial charge in [0.25, 0.3) is 5.91 Å². The van der Waals surface area contributed by atoms with E-state index in [9.17, 15) is 13.6 Å². The first kappa shape index (κ1) is 17.4. The van der Waals surface area contributed by atoms with Crippen molar-refractivity contribution in [1.29, 1.82) is 0 Å². The lowest BCUT2D eigenvalue weighted by Crippen LogP contribution is -2.44. The summed E-state index contributed by atoms with van der Waals surface area (Å²) in [6, 6.07) is 11.2. The summed E-state index contributed by atoms with van der Waals surface area (Å²) in [5.41, 5.74) is 2.23. The van der Waals surface area contributed by atoms with Crippen LogP contribution in [0.25, 0.3) is 0 Å². The number of rotatable bonds is 4. The van der Waals surface area contributed by atoms with E-state index in [4.69, 9.17) is 0 Å². The van der Waals surface area contributed by atoms with E-state index in [1.165, 1.54) is 11.8 Å². The third-order valence-corrected chi connectivity index (χ3v) is 4.44. The smallest absolute Gasteiger partial charge is 0.251 e. The molecule has 0 unspecified atom stereocenters. The van der Waals surface area contributed by atoms with E-state index in [-0.39, 0.29) is 5.56 Å². The number of halogens is 2. The van der Waals surface area contributed by atoms with Gasteiger partial charge >= 0.3 is 0 Å². The van der Waals surface area contributed by atoms with E-state index in [0.717, 1.165) is 43.9 Å². The van der Waals surface area contributed by atoms with Crippen molar-refractivity contribution >= 4 is 11.6 Å². The van der Waals surface area contributed by atoms with Gasteiger partial charge in [-0.3, -0.25) is 4.79 Å². The normalized spacial score (nSPS) is 15.2. The Kier molecular flexibility index (Phi) is 5.28. The summed E-state index contributed by atoms with van der Waals surface area (Å²) in [7, 11) is 2.12. The van der Waals surface area contributed by atoms with Gasteiger partial charge in [0.15, 0.2) is 11.6 Å². The van der Waals surface area contributed by atoms with Crippen LogP contribution >= 0.6 is 0 Å². The van der Waals surface area contributed by atoms with Gasteiger partial charge in [0.2, 0.25) is 0 Å². The highest BCUT2D eigenvalue weighted by molar-refractivity contribution is 5.94. The van der Waals surface area contributed by atoms with Crippen molar-refractivity contribution in [2.24, 2.45) is 0 Å². The number of amides is 1. The van der Waals surface area contributed by atoms with Gasteiger partial charge < -0.3 is 15.1 Å². The number of hydrogen-bond donors (Lipinski definition) is 1. The van der Waals surface area contributed by atoms with Crippen molar-refractivity contribution < 1.29 is 13.6 Å². The molecule has 132 valence electrons. The van der Waals surface area contributed by atoms with Crippen LogP contribution in [0.15, 0.2) is 42.5 Å². The molecule has 25 heavy (non-hydrogen) atoms. The topological polar surface area (TPSA) is 35.6 Å². The van der Waals surface area contributed by atoms with E-state index >= 15 is 0 Å². The molecule has 1 aliphatic rings. The van der Waals surface area contributed by atoms with Crippen LogP contribution in [0.5, 0.6) is 0 Å². The van der Waals surface area contributed by atoms with Gasteiger partial charge in [0.05, 0.1) is 0 Å². The minimum absolute atomic E-state index is 0.105. The zero-order chi connectivity index (χ0) is 17.8. The summed E-state index contributed by atoms with van der Waals surface area (Å²) in [5.74, 6) is -2.41. The van der Waals surface area contributed by atoms with E-state index in [0.29, 0.717) is 6.54 Å². The summed E-state index contributed by atoms with van der Waals surface area (Å²) >= 11 is 0. The summed E-state index contributed by atoms with van der Waals surface area (Å²) in [4.78, 5) is 16.7. The lowest BCUT2D eigenvalue weighted by molar-refractivity contribution is 0.0950. The monoisotopic (exact) mass is 345 g/mol. The molecule has 3 rings (SSSR count). The largest absolute Gasteiger partial charge is 0.369 e. The highest BCUT2D eigenvalue weighted by atomic mass is 19.2. The number of nitrogens with zero attached hydrogens (tertiary/aromatic N) is 2. The van der Waals surface area contributed by atoms with Gasteiger partial charge in [0, 0.05) is 44.0 Å². The summed E-state index contributed by atoms with van der Waals surface area (Å²) in [6.45, 7) is 4.43. The average Bonchev–Trinajstić information content (AvgIpc) is 2.63. The Morgan fingerprint density at radius 3 is 2.32 bits per heavy atom. The van der Waals surface area contributed by atoms with Crippen LogP contribution in [0.1, 0.15) is 15.9 Å². The second kappa shape index (κ2) is 7.61. The zero-order valence-corrected chi connectivity index (χ0v) is 14.1. The maximum atomic E-state index is 13.2. The number of carbonyl (C=O) groups is 1. The fourth-order valence-electron chi connectivity index (χ4n) is 2.81. The van der Waals surface area contributed by atoms with Crippen LogP contribution < -0.4 is 10.2 Å². The van der Waals surface area contributed by atoms with Crippen molar-refractivity contribution in [2.45, 2.75) is 6.54 Å². The zero-order valence-electron chi connectivity index (χ0n) is 14.1. The molecule has 1 amide bonds. The number of nitrogens with one attached hydrogen (secondary N) is 1. The van der Waals surface area contributed by atoms with Gasteiger partial charge in [-0.15, -0.1) is 0 Å². The molecule has 2 aromatic rings. The molecule has 0 saturated carbocycles. The van der Waals surface area contributed by atoms with Crippen LogP contribution in [0.2, 0.25) is 0 Å². The summed E-state index contributed by atoms with van der Waals surface area (Å²) < 4.78 is 26.1. The number of piperazine rings is 1. The number of benzene rings is 2. The predicted octanol–water partition coefficient (Wildman–Crippen LogP) is 2.65. The lowest BCUT2D eigenvalue weighted by Gasteiger charge is -2.34. The standard InChI is InChI=1S/C19H21F2N3O/c1-23-8-10-24(11-9-23)16-5-2-14(3-6-16)13-22-19(25)15-4-7-17(20)18(21)12-15/h2-7,12H,8-11,13H2,1H3,(H,22,25).